The van der Waals surface area contributed by atoms with Crippen molar-refractivity contribution < 1.29 is 9.90 Å². The topological polar surface area (TPSA) is 49.3 Å². The van der Waals surface area contributed by atoms with Crippen molar-refractivity contribution in [3.8, 4) is 0 Å². The molecule has 0 bridgehead atoms. The van der Waals surface area contributed by atoms with Crippen molar-refractivity contribution in [1.29, 1.82) is 0 Å². The summed E-state index contributed by atoms with van der Waals surface area (Å²) in [7, 11) is 1.88. The van der Waals surface area contributed by atoms with Gasteiger partial charge in [-0.15, -0.1) is 0 Å². The predicted octanol–water partition coefficient (Wildman–Crippen LogP) is 1.73. The number of carboxylic acids is 1. The van der Waals surface area contributed by atoms with Crippen LogP contribution in [0.4, 0.5) is 0 Å². The first-order valence-corrected chi connectivity index (χ1v) is 4.70. The minimum Gasteiger partial charge on any atom is -0.481 e. The quantitative estimate of drug-likeness (QED) is 0.689. The van der Waals surface area contributed by atoms with Crippen molar-refractivity contribution in [1.82, 2.24) is 5.32 Å². The van der Waals surface area contributed by atoms with Crippen LogP contribution < -0.4 is 5.32 Å². The minimum atomic E-state index is -0.731. The number of carbonyl (C=O) groups is 1. The fraction of sp³-hybridized carbons (Fsp3) is 0.900. The van der Waals surface area contributed by atoms with Crippen LogP contribution in [0.1, 0.15) is 34.1 Å². The molecule has 0 fully saturated rings. The van der Waals surface area contributed by atoms with Crippen LogP contribution >= 0.6 is 0 Å². The van der Waals surface area contributed by atoms with Gasteiger partial charge in [0.2, 0.25) is 0 Å². The molecule has 0 aliphatic rings. The lowest BCUT2D eigenvalue weighted by Gasteiger charge is -2.35. The summed E-state index contributed by atoms with van der Waals surface area (Å²) in [4.78, 5) is 10.6. The Morgan fingerprint density at radius 1 is 1.46 bits per heavy atom. The molecule has 1 atom stereocenters. The second-order valence-corrected chi connectivity index (χ2v) is 4.57. The minimum absolute atomic E-state index is 0.200. The Hall–Kier alpha value is -0.570. The molecule has 0 aliphatic heterocycles. The van der Waals surface area contributed by atoms with E-state index in [4.69, 9.17) is 5.11 Å². The Kier molecular flexibility index (Phi) is 4.40. The van der Waals surface area contributed by atoms with Gasteiger partial charge in [0.15, 0.2) is 0 Å². The number of carboxylic acid groups (broad SMARTS) is 1. The molecule has 78 valence electrons. The summed E-state index contributed by atoms with van der Waals surface area (Å²) < 4.78 is 0. The lowest BCUT2D eigenvalue weighted by Crippen LogP contribution is -2.44. The van der Waals surface area contributed by atoms with Crippen LogP contribution in [-0.2, 0) is 4.79 Å². The molecule has 0 heterocycles. The number of hydrogen-bond donors (Lipinski definition) is 2. The van der Waals surface area contributed by atoms with E-state index in [2.05, 4.69) is 19.2 Å². The first kappa shape index (κ1) is 12.4. The van der Waals surface area contributed by atoms with E-state index >= 15 is 0 Å². The molecule has 0 aromatic carbocycles. The lowest BCUT2D eigenvalue weighted by molar-refractivity contribution is -0.139. The summed E-state index contributed by atoms with van der Waals surface area (Å²) in [6.07, 6.45) is 0.205. The van der Waals surface area contributed by atoms with Crippen LogP contribution in [0, 0.1) is 11.3 Å². The van der Waals surface area contributed by atoms with Crippen LogP contribution in [0.3, 0.4) is 0 Å². The zero-order valence-corrected chi connectivity index (χ0v) is 9.22. The van der Waals surface area contributed by atoms with Gasteiger partial charge in [-0.05, 0) is 18.4 Å². The molecular weight excluding hydrogens is 166 g/mol. The molecule has 0 saturated carbocycles. The van der Waals surface area contributed by atoms with Crippen molar-refractivity contribution in [2.45, 2.75) is 40.2 Å². The van der Waals surface area contributed by atoms with Crippen molar-refractivity contribution in [2.75, 3.05) is 7.05 Å². The van der Waals surface area contributed by atoms with Gasteiger partial charge in [0, 0.05) is 6.04 Å². The molecule has 0 spiro atoms. The van der Waals surface area contributed by atoms with E-state index < -0.39 is 5.97 Å². The Bertz CT molecular complexity index is 176. The van der Waals surface area contributed by atoms with Crippen LogP contribution in [-0.4, -0.2) is 24.2 Å². The molecule has 0 amide bonds. The monoisotopic (exact) mass is 187 g/mol. The van der Waals surface area contributed by atoms with Gasteiger partial charge in [-0.25, -0.2) is 0 Å². The molecule has 0 radical (unpaired) electrons. The van der Waals surface area contributed by atoms with Gasteiger partial charge in [-0.2, -0.15) is 0 Å². The van der Waals surface area contributed by atoms with Crippen molar-refractivity contribution >= 4 is 5.97 Å². The second-order valence-electron chi connectivity index (χ2n) is 4.57. The highest BCUT2D eigenvalue weighted by Crippen LogP contribution is 2.29. The summed E-state index contributed by atoms with van der Waals surface area (Å²) in [6.45, 7) is 8.18. The Morgan fingerprint density at radius 2 is 1.92 bits per heavy atom. The third-order valence-corrected chi connectivity index (χ3v) is 2.43. The molecule has 0 rings (SSSR count). The highest BCUT2D eigenvalue weighted by atomic mass is 16.4. The Labute approximate surface area is 80.5 Å². The fourth-order valence-electron chi connectivity index (χ4n) is 2.13. The third-order valence-electron chi connectivity index (χ3n) is 2.43. The van der Waals surface area contributed by atoms with Gasteiger partial charge < -0.3 is 10.4 Å². The van der Waals surface area contributed by atoms with Crippen LogP contribution in [0.25, 0.3) is 0 Å². The van der Waals surface area contributed by atoms with Gasteiger partial charge in [0.05, 0.1) is 6.42 Å². The van der Waals surface area contributed by atoms with Crippen LogP contribution in [0.5, 0.6) is 0 Å². The van der Waals surface area contributed by atoms with Crippen molar-refractivity contribution in [2.24, 2.45) is 11.3 Å². The third kappa shape index (κ3) is 3.77. The van der Waals surface area contributed by atoms with E-state index in [0.717, 1.165) is 0 Å². The van der Waals surface area contributed by atoms with E-state index in [1.54, 1.807) is 0 Å². The number of rotatable bonds is 5. The van der Waals surface area contributed by atoms with Gasteiger partial charge in [-0.3, -0.25) is 4.79 Å². The van der Waals surface area contributed by atoms with E-state index in [9.17, 15) is 4.79 Å². The molecule has 3 nitrogen and oxygen atoms in total. The average Bonchev–Trinajstić information content (AvgIpc) is 1.82. The summed E-state index contributed by atoms with van der Waals surface area (Å²) in [5.41, 5.74) is -0.200. The highest BCUT2D eigenvalue weighted by Gasteiger charge is 2.32. The summed E-state index contributed by atoms with van der Waals surface area (Å²) in [6, 6.07) is 0.239. The van der Waals surface area contributed by atoms with E-state index in [0.29, 0.717) is 5.92 Å². The first-order chi connectivity index (χ1) is 5.81. The van der Waals surface area contributed by atoms with Crippen LogP contribution in [0.2, 0.25) is 0 Å². The molecule has 3 heteroatoms. The average molecular weight is 187 g/mol. The normalized spacial score (nSPS) is 14.6. The number of aliphatic carboxylic acids is 1. The number of hydrogen-bond acceptors (Lipinski definition) is 2. The number of nitrogens with one attached hydrogen (secondary N) is 1. The first-order valence-electron chi connectivity index (χ1n) is 4.70. The highest BCUT2D eigenvalue weighted by molar-refractivity contribution is 5.67. The van der Waals surface area contributed by atoms with E-state index in [-0.39, 0.29) is 17.9 Å². The SMILES string of the molecule is CNC(C(C)C)C(C)(C)CC(=O)O. The summed E-state index contributed by atoms with van der Waals surface area (Å²) in [5, 5.41) is 11.9. The molecule has 0 aromatic heterocycles. The van der Waals surface area contributed by atoms with Crippen molar-refractivity contribution in [3.63, 3.8) is 0 Å². The fourth-order valence-corrected chi connectivity index (χ4v) is 2.13. The lowest BCUT2D eigenvalue weighted by atomic mass is 9.76. The summed E-state index contributed by atoms with van der Waals surface area (Å²) >= 11 is 0. The molecule has 0 aromatic rings. The molecule has 13 heavy (non-hydrogen) atoms. The zero-order valence-electron chi connectivity index (χ0n) is 9.22. The van der Waals surface area contributed by atoms with Crippen molar-refractivity contribution in [3.05, 3.63) is 0 Å². The van der Waals surface area contributed by atoms with Gasteiger partial charge in [0.25, 0.3) is 0 Å². The molecule has 1 unspecified atom stereocenters. The molecule has 0 saturated heterocycles. The maximum Gasteiger partial charge on any atom is 0.303 e. The van der Waals surface area contributed by atoms with Gasteiger partial charge >= 0.3 is 5.97 Å². The largest absolute Gasteiger partial charge is 0.481 e. The second kappa shape index (κ2) is 4.61. The standard InChI is InChI=1S/C10H21NO2/c1-7(2)9(11-5)10(3,4)6-8(12)13/h7,9,11H,6H2,1-5H3,(H,12,13). The Morgan fingerprint density at radius 3 is 2.15 bits per heavy atom. The molecule has 2 N–H and O–H groups in total. The smallest absolute Gasteiger partial charge is 0.303 e. The maximum absolute atomic E-state index is 10.6. The molecule has 0 aliphatic carbocycles. The molecular formula is C10H21NO2. The maximum atomic E-state index is 10.6. The van der Waals surface area contributed by atoms with Gasteiger partial charge in [0.1, 0.15) is 0 Å². The Balaban J connectivity index is 4.46. The summed E-state index contributed by atoms with van der Waals surface area (Å²) in [5.74, 6) is -0.287. The zero-order chi connectivity index (χ0) is 10.6. The van der Waals surface area contributed by atoms with Gasteiger partial charge in [-0.1, -0.05) is 27.7 Å². The predicted molar refractivity (Wildman–Crippen MR) is 53.7 cm³/mol. The van der Waals surface area contributed by atoms with E-state index in [1.807, 2.05) is 20.9 Å². The van der Waals surface area contributed by atoms with E-state index in [1.165, 1.54) is 0 Å². The van der Waals surface area contributed by atoms with Crippen LogP contribution in [0.15, 0.2) is 0 Å².